The van der Waals surface area contributed by atoms with Crippen molar-refractivity contribution < 1.29 is 12.8 Å². The fraction of sp³-hybridized carbons (Fsp3) is 0.0500. The van der Waals surface area contributed by atoms with Crippen LogP contribution in [-0.4, -0.2) is 13.4 Å². The van der Waals surface area contributed by atoms with E-state index < -0.39 is 10.0 Å². The van der Waals surface area contributed by atoms with Crippen LogP contribution >= 0.6 is 11.6 Å². The Balaban J connectivity index is 1.57. The van der Waals surface area contributed by atoms with E-state index in [2.05, 4.69) is 9.71 Å². The predicted octanol–water partition coefficient (Wildman–Crippen LogP) is 4.46. The highest BCUT2D eigenvalue weighted by molar-refractivity contribution is 7.92. The second-order valence-corrected chi connectivity index (χ2v) is 8.39. The van der Waals surface area contributed by atoms with Crippen LogP contribution in [0.5, 0.6) is 0 Å². The van der Waals surface area contributed by atoms with Crippen molar-refractivity contribution in [3.63, 3.8) is 0 Å². The topological polar surface area (TPSA) is 98.2 Å². The molecule has 4 rings (SSSR count). The molecule has 0 fully saturated rings. The minimum absolute atomic E-state index is 0.130. The monoisotopic (exact) mass is 413 g/mol. The zero-order valence-corrected chi connectivity index (χ0v) is 16.2. The van der Waals surface area contributed by atoms with Gasteiger partial charge in [0.05, 0.1) is 10.6 Å². The average molecular weight is 414 g/mol. The van der Waals surface area contributed by atoms with Crippen molar-refractivity contribution in [3.8, 4) is 0 Å². The second kappa shape index (κ2) is 7.18. The molecule has 0 atom stereocenters. The summed E-state index contributed by atoms with van der Waals surface area (Å²) in [4.78, 5) is 4.58. The van der Waals surface area contributed by atoms with E-state index in [0.29, 0.717) is 39.8 Å². The standard InChI is InChI=1S/C20H16ClN3O3S/c21-14-3-1-13(2-4-14)11-20-23-18-12-16(7-10-19(18)27-20)24-28(25,26)17-8-5-15(22)6-9-17/h1-10,12,24H,11,22H2. The number of oxazole rings is 1. The first-order valence-electron chi connectivity index (χ1n) is 8.41. The summed E-state index contributed by atoms with van der Waals surface area (Å²) in [5, 5.41) is 0.666. The summed E-state index contributed by atoms with van der Waals surface area (Å²) in [5.41, 5.74) is 8.67. The maximum atomic E-state index is 12.5. The Hall–Kier alpha value is -3.03. The summed E-state index contributed by atoms with van der Waals surface area (Å²) in [6.45, 7) is 0. The Morgan fingerprint density at radius 2 is 1.71 bits per heavy atom. The second-order valence-electron chi connectivity index (χ2n) is 6.27. The predicted molar refractivity (Wildman–Crippen MR) is 110 cm³/mol. The van der Waals surface area contributed by atoms with Crippen LogP contribution in [0, 0.1) is 0 Å². The Morgan fingerprint density at radius 1 is 1.00 bits per heavy atom. The number of aromatic nitrogens is 1. The first kappa shape index (κ1) is 18.3. The number of anilines is 2. The molecule has 0 spiro atoms. The van der Waals surface area contributed by atoms with E-state index in [1.54, 1.807) is 30.3 Å². The smallest absolute Gasteiger partial charge is 0.261 e. The molecule has 8 heteroatoms. The van der Waals surface area contributed by atoms with Crippen molar-refractivity contribution in [2.24, 2.45) is 0 Å². The number of nitrogens with zero attached hydrogens (tertiary/aromatic N) is 1. The summed E-state index contributed by atoms with van der Waals surface area (Å²) in [7, 11) is -3.72. The van der Waals surface area contributed by atoms with Gasteiger partial charge in [0.25, 0.3) is 10.0 Å². The quantitative estimate of drug-likeness (QED) is 0.471. The summed E-state index contributed by atoms with van der Waals surface area (Å²) in [6.07, 6.45) is 0.512. The lowest BCUT2D eigenvalue weighted by Gasteiger charge is -2.08. The molecule has 3 N–H and O–H groups in total. The van der Waals surface area contributed by atoms with Crippen LogP contribution in [0.3, 0.4) is 0 Å². The minimum atomic E-state index is -3.72. The maximum absolute atomic E-state index is 12.5. The largest absolute Gasteiger partial charge is 0.440 e. The van der Waals surface area contributed by atoms with Crippen molar-refractivity contribution in [2.75, 3.05) is 10.5 Å². The van der Waals surface area contributed by atoms with Crippen LogP contribution < -0.4 is 10.5 Å². The van der Waals surface area contributed by atoms with E-state index in [0.717, 1.165) is 5.56 Å². The van der Waals surface area contributed by atoms with Gasteiger partial charge in [0.15, 0.2) is 11.5 Å². The molecule has 0 radical (unpaired) electrons. The third kappa shape index (κ3) is 3.95. The molecule has 0 aliphatic carbocycles. The van der Waals surface area contributed by atoms with Gasteiger partial charge >= 0.3 is 0 Å². The molecule has 3 aromatic carbocycles. The van der Waals surface area contributed by atoms with Crippen molar-refractivity contribution in [3.05, 3.63) is 83.2 Å². The first-order valence-corrected chi connectivity index (χ1v) is 10.3. The van der Waals surface area contributed by atoms with Gasteiger partial charge in [-0.25, -0.2) is 13.4 Å². The highest BCUT2D eigenvalue weighted by atomic mass is 35.5. The van der Waals surface area contributed by atoms with Gasteiger partial charge in [-0.3, -0.25) is 4.72 Å². The summed E-state index contributed by atoms with van der Waals surface area (Å²) in [6, 6.07) is 18.4. The van der Waals surface area contributed by atoms with E-state index in [1.165, 1.54) is 12.1 Å². The third-order valence-electron chi connectivity index (χ3n) is 4.14. The van der Waals surface area contributed by atoms with Crippen LogP contribution in [0.25, 0.3) is 11.1 Å². The summed E-state index contributed by atoms with van der Waals surface area (Å²) in [5.74, 6) is 0.538. The van der Waals surface area contributed by atoms with Gasteiger partial charge in [0, 0.05) is 17.1 Å². The van der Waals surface area contributed by atoms with Gasteiger partial charge in [-0.1, -0.05) is 23.7 Å². The average Bonchev–Trinajstić information content (AvgIpc) is 3.05. The van der Waals surface area contributed by atoms with Gasteiger partial charge in [0.2, 0.25) is 0 Å². The maximum Gasteiger partial charge on any atom is 0.261 e. The number of halogens is 1. The Bertz CT molecular complexity index is 1230. The number of nitrogens with two attached hydrogens (primary N) is 1. The number of sulfonamides is 1. The lowest BCUT2D eigenvalue weighted by molar-refractivity contribution is 0.544. The molecule has 142 valence electrons. The van der Waals surface area contributed by atoms with E-state index in [-0.39, 0.29) is 4.90 Å². The van der Waals surface area contributed by atoms with Crippen LogP contribution in [0.15, 0.2) is 76.0 Å². The van der Waals surface area contributed by atoms with Crippen molar-refractivity contribution in [1.29, 1.82) is 0 Å². The van der Waals surface area contributed by atoms with E-state index in [9.17, 15) is 8.42 Å². The fourth-order valence-corrected chi connectivity index (χ4v) is 3.93. The molecule has 0 unspecified atom stereocenters. The van der Waals surface area contributed by atoms with Crippen LogP contribution in [0.4, 0.5) is 11.4 Å². The van der Waals surface area contributed by atoms with Gasteiger partial charge in [-0.15, -0.1) is 0 Å². The first-order chi connectivity index (χ1) is 13.4. The number of nitrogen functional groups attached to an aromatic ring is 1. The Labute approximate surface area is 167 Å². The molecule has 6 nitrogen and oxygen atoms in total. The molecule has 28 heavy (non-hydrogen) atoms. The third-order valence-corrected chi connectivity index (χ3v) is 5.79. The number of rotatable bonds is 5. The SMILES string of the molecule is Nc1ccc(S(=O)(=O)Nc2ccc3oc(Cc4ccc(Cl)cc4)nc3c2)cc1. The number of nitrogens with one attached hydrogen (secondary N) is 1. The molecule has 1 heterocycles. The lowest BCUT2D eigenvalue weighted by Crippen LogP contribution is -2.12. The van der Waals surface area contributed by atoms with E-state index in [4.69, 9.17) is 21.8 Å². The zero-order valence-electron chi connectivity index (χ0n) is 14.6. The fourth-order valence-electron chi connectivity index (χ4n) is 2.75. The van der Waals surface area contributed by atoms with Gasteiger partial charge in [-0.05, 0) is 60.2 Å². The lowest BCUT2D eigenvalue weighted by atomic mass is 10.1. The number of hydrogen-bond donors (Lipinski definition) is 2. The van der Waals surface area contributed by atoms with Gasteiger partial charge in [0.1, 0.15) is 5.52 Å². The minimum Gasteiger partial charge on any atom is -0.440 e. The summed E-state index contributed by atoms with van der Waals surface area (Å²) < 4.78 is 33.3. The molecule has 1 aromatic heterocycles. The molecule has 0 aliphatic rings. The number of fused-ring (bicyclic) bond motifs is 1. The van der Waals surface area contributed by atoms with Crippen LogP contribution in [-0.2, 0) is 16.4 Å². The molecule has 0 saturated heterocycles. The number of benzene rings is 3. The summed E-state index contributed by atoms with van der Waals surface area (Å²) >= 11 is 5.90. The van der Waals surface area contributed by atoms with Crippen molar-refractivity contribution in [2.45, 2.75) is 11.3 Å². The van der Waals surface area contributed by atoms with Crippen LogP contribution in [0.2, 0.25) is 5.02 Å². The highest BCUT2D eigenvalue weighted by Gasteiger charge is 2.15. The van der Waals surface area contributed by atoms with Crippen molar-refractivity contribution >= 4 is 44.1 Å². The van der Waals surface area contributed by atoms with Gasteiger partial charge in [-0.2, -0.15) is 0 Å². The molecule has 4 aromatic rings. The Morgan fingerprint density at radius 3 is 2.43 bits per heavy atom. The van der Waals surface area contributed by atoms with E-state index in [1.807, 2.05) is 24.3 Å². The molecular weight excluding hydrogens is 398 g/mol. The molecule has 0 aliphatic heterocycles. The number of hydrogen-bond acceptors (Lipinski definition) is 5. The van der Waals surface area contributed by atoms with Crippen LogP contribution in [0.1, 0.15) is 11.5 Å². The van der Waals surface area contributed by atoms with E-state index >= 15 is 0 Å². The molecule has 0 amide bonds. The molecule has 0 bridgehead atoms. The highest BCUT2D eigenvalue weighted by Crippen LogP contribution is 2.24. The van der Waals surface area contributed by atoms with Crippen molar-refractivity contribution in [1.82, 2.24) is 4.98 Å². The molecule has 0 saturated carbocycles. The molecular formula is C20H16ClN3O3S. The Kier molecular flexibility index (Phi) is 4.70. The zero-order chi connectivity index (χ0) is 19.7. The van der Waals surface area contributed by atoms with Gasteiger partial charge < -0.3 is 10.2 Å². The normalized spacial score (nSPS) is 11.6.